The van der Waals surface area contributed by atoms with Crippen molar-refractivity contribution in [2.24, 2.45) is 0 Å². The first-order valence-corrected chi connectivity index (χ1v) is 9.32. The predicted molar refractivity (Wildman–Crippen MR) is 111 cm³/mol. The van der Waals surface area contributed by atoms with Gasteiger partial charge in [-0.15, -0.1) is 0 Å². The fraction of sp³-hybridized carbons (Fsp3) is 0.0833. The van der Waals surface area contributed by atoms with Crippen molar-refractivity contribution in [3.8, 4) is 16.9 Å². The summed E-state index contributed by atoms with van der Waals surface area (Å²) in [7, 11) is 1.74. The summed E-state index contributed by atoms with van der Waals surface area (Å²) >= 11 is 0. The quantitative estimate of drug-likeness (QED) is 0.487. The van der Waals surface area contributed by atoms with E-state index in [1.54, 1.807) is 11.9 Å². The highest BCUT2D eigenvalue weighted by atomic mass is 19.1. The number of carbonyl (C=O) groups excluding carboxylic acids is 1. The molecule has 144 valence electrons. The Kier molecular flexibility index (Phi) is 5.20. The van der Waals surface area contributed by atoms with E-state index in [-0.39, 0.29) is 11.7 Å². The third-order valence-corrected chi connectivity index (χ3v) is 4.70. The normalized spacial score (nSPS) is 10.7. The topological polar surface area (TPSA) is 38.1 Å². The maximum atomic E-state index is 13.2. The van der Waals surface area contributed by atoms with Gasteiger partial charge in [-0.05, 0) is 36.4 Å². The fourth-order valence-electron chi connectivity index (χ4n) is 3.22. The number of aromatic nitrogens is 2. The van der Waals surface area contributed by atoms with Crippen LogP contribution in [0.1, 0.15) is 15.9 Å². The summed E-state index contributed by atoms with van der Waals surface area (Å²) in [6, 6.07) is 25.3. The Morgan fingerprint density at radius 3 is 2.21 bits per heavy atom. The molecule has 3 aromatic carbocycles. The standard InChI is InChI=1S/C24H20FN3O/c1-27(24(29)19-12-14-21(25)15-13-19)16-20-17-28(22-10-6-3-7-11-22)26-23(20)18-8-4-2-5-9-18/h2-15,17H,16H2,1H3. The number of rotatable bonds is 5. The molecule has 4 rings (SSSR count). The molecule has 0 saturated heterocycles. The average molecular weight is 385 g/mol. The van der Waals surface area contributed by atoms with Gasteiger partial charge in [0.15, 0.2) is 0 Å². The van der Waals surface area contributed by atoms with Gasteiger partial charge in [0.05, 0.1) is 11.4 Å². The maximum Gasteiger partial charge on any atom is 0.253 e. The molecule has 0 bridgehead atoms. The lowest BCUT2D eigenvalue weighted by Crippen LogP contribution is -2.26. The molecule has 1 amide bonds. The van der Waals surface area contributed by atoms with Crippen LogP contribution in [0.15, 0.2) is 91.1 Å². The molecule has 4 nitrogen and oxygen atoms in total. The molecule has 0 aliphatic carbocycles. The van der Waals surface area contributed by atoms with E-state index in [4.69, 9.17) is 5.10 Å². The predicted octanol–water partition coefficient (Wildman–Crippen LogP) is 4.95. The van der Waals surface area contributed by atoms with Gasteiger partial charge in [-0.3, -0.25) is 4.79 Å². The van der Waals surface area contributed by atoms with Crippen molar-refractivity contribution >= 4 is 5.91 Å². The lowest BCUT2D eigenvalue weighted by atomic mass is 10.1. The van der Waals surface area contributed by atoms with Crippen LogP contribution in [0.3, 0.4) is 0 Å². The molecule has 0 aliphatic rings. The molecule has 0 spiro atoms. The molecule has 4 aromatic rings. The number of hydrogen-bond acceptors (Lipinski definition) is 2. The van der Waals surface area contributed by atoms with Gasteiger partial charge in [0.25, 0.3) is 5.91 Å². The van der Waals surface area contributed by atoms with Gasteiger partial charge in [-0.1, -0.05) is 48.5 Å². The lowest BCUT2D eigenvalue weighted by molar-refractivity contribution is 0.0785. The van der Waals surface area contributed by atoms with E-state index in [9.17, 15) is 9.18 Å². The second-order valence-electron chi connectivity index (χ2n) is 6.82. The van der Waals surface area contributed by atoms with Crippen molar-refractivity contribution in [1.82, 2.24) is 14.7 Å². The van der Waals surface area contributed by atoms with Crippen molar-refractivity contribution in [1.29, 1.82) is 0 Å². The summed E-state index contributed by atoms with van der Waals surface area (Å²) in [6.07, 6.45) is 1.95. The molecule has 5 heteroatoms. The van der Waals surface area contributed by atoms with Crippen LogP contribution in [0.5, 0.6) is 0 Å². The molecule has 0 aliphatic heterocycles. The Balaban J connectivity index is 1.67. The number of carbonyl (C=O) groups is 1. The average Bonchev–Trinajstić information content (AvgIpc) is 3.19. The number of halogens is 1. The van der Waals surface area contributed by atoms with Crippen molar-refractivity contribution < 1.29 is 9.18 Å². The highest BCUT2D eigenvalue weighted by Gasteiger charge is 2.18. The Morgan fingerprint density at radius 2 is 1.55 bits per heavy atom. The second kappa shape index (κ2) is 8.10. The molecule has 0 saturated carbocycles. The third kappa shape index (κ3) is 4.09. The first-order chi connectivity index (χ1) is 14.1. The maximum absolute atomic E-state index is 13.2. The first-order valence-electron chi connectivity index (χ1n) is 9.32. The van der Waals surface area contributed by atoms with Crippen LogP contribution >= 0.6 is 0 Å². The molecule has 0 radical (unpaired) electrons. The van der Waals surface area contributed by atoms with Crippen LogP contribution in [0.4, 0.5) is 4.39 Å². The Morgan fingerprint density at radius 1 is 0.931 bits per heavy atom. The lowest BCUT2D eigenvalue weighted by Gasteiger charge is -2.17. The van der Waals surface area contributed by atoms with E-state index in [1.165, 1.54) is 24.3 Å². The Hall–Kier alpha value is -3.73. The van der Waals surface area contributed by atoms with E-state index in [0.29, 0.717) is 12.1 Å². The van der Waals surface area contributed by atoms with Gasteiger partial charge < -0.3 is 4.90 Å². The summed E-state index contributed by atoms with van der Waals surface area (Å²) in [5, 5.41) is 4.78. The highest BCUT2D eigenvalue weighted by Crippen LogP contribution is 2.25. The summed E-state index contributed by atoms with van der Waals surface area (Å²) in [5.41, 5.74) is 4.14. The fourth-order valence-corrected chi connectivity index (χ4v) is 3.22. The summed E-state index contributed by atoms with van der Waals surface area (Å²) < 4.78 is 15.0. The second-order valence-corrected chi connectivity index (χ2v) is 6.82. The van der Waals surface area contributed by atoms with Crippen LogP contribution in [-0.2, 0) is 6.54 Å². The summed E-state index contributed by atoms with van der Waals surface area (Å²) in [5.74, 6) is -0.531. The van der Waals surface area contributed by atoms with Crippen LogP contribution in [-0.4, -0.2) is 27.6 Å². The van der Waals surface area contributed by atoms with Crippen molar-refractivity contribution in [2.45, 2.75) is 6.54 Å². The minimum Gasteiger partial charge on any atom is -0.337 e. The van der Waals surface area contributed by atoms with Gasteiger partial charge in [0, 0.05) is 36.5 Å². The van der Waals surface area contributed by atoms with Crippen molar-refractivity contribution in [3.63, 3.8) is 0 Å². The van der Waals surface area contributed by atoms with Crippen molar-refractivity contribution in [3.05, 3.63) is 108 Å². The van der Waals surface area contributed by atoms with Crippen LogP contribution in [0, 0.1) is 5.82 Å². The first kappa shape index (κ1) is 18.6. The minimum atomic E-state index is -0.361. The zero-order valence-electron chi connectivity index (χ0n) is 16.0. The molecule has 1 aromatic heterocycles. The zero-order chi connectivity index (χ0) is 20.2. The van der Waals surface area contributed by atoms with Crippen LogP contribution < -0.4 is 0 Å². The number of benzene rings is 3. The van der Waals surface area contributed by atoms with Gasteiger partial charge in [-0.25, -0.2) is 9.07 Å². The minimum absolute atomic E-state index is 0.170. The molecule has 0 N–H and O–H groups in total. The van der Waals surface area contributed by atoms with E-state index < -0.39 is 0 Å². The Labute approximate surface area is 168 Å². The van der Waals surface area contributed by atoms with Gasteiger partial charge >= 0.3 is 0 Å². The van der Waals surface area contributed by atoms with Crippen molar-refractivity contribution in [2.75, 3.05) is 7.05 Å². The molecular formula is C24H20FN3O. The van der Waals surface area contributed by atoms with E-state index in [0.717, 1.165) is 22.5 Å². The molecular weight excluding hydrogens is 365 g/mol. The summed E-state index contributed by atoms with van der Waals surface area (Å²) in [6.45, 7) is 0.382. The summed E-state index contributed by atoms with van der Waals surface area (Å²) in [4.78, 5) is 14.4. The molecule has 29 heavy (non-hydrogen) atoms. The largest absolute Gasteiger partial charge is 0.337 e. The van der Waals surface area contributed by atoms with E-state index in [2.05, 4.69) is 0 Å². The molecule has 0 fully saturated rings. The SMILES string of the molecule is CN(Cc1cn(-c2ccccc2)nc1-c1ccccc1)C(=O)c1ccc(F)cc1. The number of nitrogens with zero attached hydrogens (tertiary/aromatic N) is 3. The monoisotopic (exact) mass is 385 g/mol. The van der Waals surface area contributed by atoms with Gasteiger partial charge in [0.2, 0.25) is 0 Å². The Bertz CT molecular complexity index is 1110. The zero-order valence-corrected chi connectivity index (χ0v) is 16.0. The number of amides is 1. The van der Waals surface area contributed by atoms with E-state index in [1.807, 2.05) is 71.5 Å². The van der Waals surface area contributed by atoms with Gasteiger partial charge in [0.1, 0.15) is 5.82 Å². The highest BCUT2D eigenvalue weighted by molar-refractivity contribution is 5.94. The molecule has 0 atom stereocenters. The van der Waals surface area contributed by atoms with Crippen LogP contribution in [0.2, 0.25) is 0 Å². The van der Waals surface area contributed by atoms with E-state index >= 15 is 0 Å². The third-order valence-electron chi connectivity index (χ3n) is 4.70. The number of para-hydroxylation sites is 1. The van der Waals surface area contributed by atoms with Gasteiger partial charge in [-0.2, -0.15) is 5.10 Å². The smallest absolute Gasteiger partial charge is 0.253 e. The molecule has 1 heterocycles. The van der Waals surface area contributed by atoms with Crippen LogP contribution in [0.25, 0.3) is 16.9 Å². The number of hydrogen-bond donors (Lipinski definition) is 0. The molecule has 0 unspecified atom stereocenters.